The molecule has 4 aromatic heterocycles. The Morgan fingerprint density at radius 3 is 0.917 bits per heavy atom. The molecule has 120 heavy (non-hydrogen) atoms. The van der Waals surface area contributed by atoms with Gasteiger partial charge in [0.1, 0.15) is 23.0 Å². The average molecular weight is 1620 g/mol. The highest BCUT2D eigenvalue weighted by Gasteiger charge is 2.31. The Bertz CT molecular complexity index is 5220. The molecule has 4 heterocycles. The van der Waals surface area contributed by atoms with Crippen LogP contribution < -0.4 is 50.8 Å². The fraction of sp³-hybridized carbons (Fsp3) is 0.367. The van der Waals surface area contributed by atoms with Crippen LogP contribution in [0.25, 0.3) is 88.6 Å². The number of hydrogen-bond acceptors (Lipinski definition) is 12. The molecule has 12 aromatic rings. The number of ether oxygens (including phenoxy) is 6. The lowest BCUT2D eigenvalue weighted by atomic mass is 10.1. The summed E-state index contributed by atoms with van der Waals surface area (Å²) in [6, 6.07) is 59.9. The van der Waals surface area contributed by atoms with E-state index in [0.29, 0.717) is 60.8 Å². The molecule has 4 aliphatic carbocycles. The van der Waals surface area contributed by atoms with Crippen molar-refractivity contribution >= 4 is 103 Å². The van der Waals surface area contributed by atoms with Gasteiger partial charge in [-0.05, 0) is 290 Å². The standard InChI is InChI=1S/C25H29N3O3.C25H28N2O4.C24H29N3O2.C24H28N2O3/c1-4-31-20-11-12-21-22(15-29)24(28(23(21)13-20)14-17-5-6-17)18-7-9-19(10-8-18)27-25(30)26-16(2)3;1-4-30-20-11-12-21-22(15-28)24(27(23(21)13-20)14-17-5-6-17)18-7-9-19(10-8-18)26-25(29)31-16(2)3;1-4-29-21-12-9-19-13-22(27(23(19)14-21)15-17-5-6-17)18-7-10-20(11-8-18)26-24(28)25-16(2)3;1-4-28-21-12-9-19-13-22(26(23(19)14-21)15-17-5-6-17)18-7-10-20(11-8-18)25-24(27)29-16(2)3/h7-13,15-17H,4-6,14H2,1-3H3,(H2,26,27,30);7-13,15-17H,4-6,14H2,1-3H3,(H,26,29);7-14,16-17H,4-6,15H2,1-3H3,(H2,25,26,28);7-14,16-17H,4-6,15H2,1-3H3,(H,25,27). The van der Waals surface area contributed by atoms with E-state index >= 15 is 0 Å². The second kappa shape index (κ2) is 39.4. The Morgan fingerprint density at radius 2 is 0.633 bits per heavy atom. The van der Waals surface area contributed by atoms with Crippen molar-refractivity contribution in [1.29, 1.82) is 0 Å². The maximum absolute atomic E-state index is 12.1. The molecule has 0 spiro atoms. The highest BCUT2D eigenvalue weighted by atomic mass is 16.6. The SMILES string of the molecule is CCOc1ccc2c(C=O)c(-c3ccc(NC(=O)NC(C)C)cc3)n(CC3CC3)c2c1.CCOc1ccc2c(C=O)c(-c3ccc(NC(=O)OC(C)C)cc3)n(CC3CC3)c2c1.CCOc1ccc2cc(-c3ccc(NC(=O)NC(C)C)cc3)n(CC3CC3)c2c1.CCOc1ccc2cc(-c3ccc(NC(=O)OC(C)C)cc3)n(CC3CC3)c2c1. The zero-order chi connectivity index (χ0) is 84.7. The summed E-state index contributed by atoms with van der Waals surface area (Å²) in [7, 11) is 0. The predicted molar refractivity (Wildman–Crippen MR) is 481 cm³/mol. The van der Waals surface area contributed by atoms with E-state index in [0.717, 1.165) is 140 Å². The first-order chi connectivity index (χ1) is 58.0. The van der Waals surface area contributed by atoms with Gasteiger partial charge < -0.3 is 68.0 Å². The molecule has 6 N–H and O–H groups in total. The molecular weight excluding hydrogens is 1510 g/mol. The molecule has 4 aliphatic rings. The smallest absolute Gasteiger partial charge is 0.411 e. The number of rotatable bonds is 30. The molecule has 16 rings (SSSR count). The first kappa shape index (κ1) is 85.4. The first-order valence-electron chi connectivity index (χ1n) is 42.6. The lowest BCUT2D eigenvalue weighted by Gasteiger charge is -2.13. The van der Waals surface area contributed by atoms with Crippen molar-refractivity contribution in [2.75, 3.05) is 47.7 Å². The minimum Gasteiger partial charge on any atom is -0.494 e. The maximum Gasteiger partial charge on any atom is 0.411 e. The molecule has 8 aromatic carbocycles. The van der Waals surface area contributed by atoms with E-state index in [-0.39, 0.29) is 36.4 Å². The van der Waals surface area contributed by atoms with Gasteiger partial charge in [0.25, 0.3) is 0 Å². The Kier molecular flexibility index (Phi) is 28.1. The largest absolute Gasteiger partial charge is 0.494 e. The van der Waals surface area contributed by atoms with Gasteiger partial charge in [-0.1, -0.05) is 48.5 Å². The van der Waals surface area contributed by atoms with Crippen LogP contribution in [0, 0.1) is 23.7 Å². The number of nitrogens with one attached hydrogen (secondary N) is 6. The molecule has 0 bridgehead atoms. The molecule has 0 atom stereocenters. The van der Waals surface area contributed by atoms with E-state index in [1.807, 2.05) is 203 Å². The number of aromatic nitrogens is 4. The third kappa shape index (κ3) is 22.3. The molecule has 4 fully saturated rings. The lowest BCUT2D eigenvalue weighted by molar-refractivity contribution is 0.111. The molecule has 0 saturated heterocycles. The summed E-state index contributed by atoms with van der Waals surface area (Å²) < 4.78 is 42.5. The summed E-state index contributed by atoms with van der Waals surface area (Å²) in [4.78, 5) is 71.9. The van der Waals surface area contributed by atoms with Gasteiger partial charge in [-0.25, -0.2) is 19.2 Å². The Morgan fingerprint density at radius 1 is 0.350 bits per heavy atom. The van der Waals surface area contributed by atoms with E-state index in [9.17, 15) is 28.8 Å². The predicted octanol–water partition coefficient (Wildman–Crippen LogP) is 23.1. The number of nitrogens with zero attached hydrogens (tertiary/aromatic N) is 4. The Balaban J connectivity index is 0.000000138. The summed E-state index contributed by atoms with van der Waals surface area (Å²) in [5, 5.41) is 21.2. The van der Waals surface area contributed by atoms with Crippen LogP contribution in [0.15, 0.2) is 182 Å². The normalized spacial score (nSPS) is 13.5. The first-order valence-corrected chi connectivity index (χ1v) is 42.6. The van der Waals surface area contributed by atoms with E-state index in [4.69, 9.17) is 28.4 Å². The third-order valence-corrected chi connectivity index (χ3v) is 21.1. The van der Waals surface area contributed by atoms with E-state index in [1.54, 1.807) is 13.8 Å². The number of carbonyl (C=O) groups excluding carboxylic acids is 6. The lowest BCUT2D eigenvalue weighted by Crippen LogP contribution is -2.34. The summed E-state index contributed by atoms with van der Waals surface area (Å²) in [6.45, 7) is 29.3. The monoisotopic (exact) mass is 1620 g/mol. The van der Waals surface area contributed by atoms with E-state index < -0.39 is 12.2 Å². The number of hydrogen-bond donors (Lipinski definition) is 6. The molecular formula is C98H114N10O12. The van der Waals surface area contributed by atoms with Crippen molar-refractivity contribution in [3.63, 3.8) is 0 Å². The summed E-state index contributed by atoms with van der Waals surface area (Å²) in [5.41, 5.74) is 17.1. The Hall–Kier alpha value is -12.5. The fourth-order valence-corrected chi connectivity index (χ4v) is 15.0. The zero-order valence-corrected chi connectivity index (χ0v) is 71.1. The molecule has 22 heteroatoms. The number of anilines is 4. The van der Waals surface area contributed by atoms with Gasteiger partial charge in [0.2, 0.25) is 0 Å². The average Bonchev–Trinajstić information content (AvgIpc) is 1.60. The van der Waals surface area contributed by atoms with Gasteiger partial charge in [0.15, 0.2) is 12.6 Å². The van der Waals surface area contributed by atoms with Crippen molar-refractivity contribution in [2.45, 2.75) is 185 Å². The minimum atomic E-state index is -0.484. The van der Waals surface area contributed by atoms with Crippen molar-refractivity contribution in [2.24, 2.45) is 23.7 Å². The highest BCUT2D eigenvalue weighted by Crippen LogP contribution is 2.44. The minimum absolute atomic E-state index is 0.0640. The van der Waals surface area contributed by atoms with Crippen LogP contribution in [0.4, 0.5) is 41.9 Å². The summed E-state index contributed by atoms with van der Waals surface area (Å²) in [5.74, 6) is 6.23. The van der Waals surface area contributed by atoms with Gasteiger partial charge in [-0.3, -0.25) is 20.2 Å². The quantitative estimate of drug-likeness (QED) is 0.0230. The molecule has 22 nitrogen and oxygen atoms in total. The second-order valence-electron chi connectivity index (χ2n) is 32.5. The third-order valence-electron chi connectivity index (χ3n) is 21.1. The van der Waals surface area contributed by atoms with Gasteiger partial charge in [-0.15, -0.1) is 0 Å². The van der Waals surface area contributed by atoms with Crippen LogP contribution in [0.3, 0.4) is 0 Å². The van der Waals surface area contributed by atoms with Crippen LogP contribution in [0.2, 0.25) is 0 Å². The summed E-state index contributed by atoms with van der Waals surface area (Å²) in [6.07, 6.45) is 10.7. The van der Waals surface area contributed by atoms with Crippen molar-refractivity contribution < 1.29 is 57.2 Å². The van der Waals surface area contributed by atoms with Crippen LogP contribution in [0.1, 0.15) is 155 Å². The molecule has 0 aliphatic heterocycles. The molecule has 0 unspecified atom stereocenters. The molecule has 6 amide bonds. The van der Waals surface area contributed by atoms with Crippen LogP contribution >= 0.6 is 0 Å². The second-order valence-corrected chi connectivity index (χ2v) is 32.5. The fourth-order valence-electron chi connectivity index (χ4n) is 15.0. The topological polar surface area (TPSA) is 250 Å². The number of benzene rings is 8. The van der Waals surface area contributed by atoms with Crippen LogP contribution in [0.5, 0.6) is 23.0 Å². The number of aldehydes is 2. The van der Waals surface area contributed by atoms with Gasteiger partial charge in [-0.2, -0.15) is 0 Å². The van der Waals surface area contributed by atoms with Crippen LogP contribution in [-0.2, 0) is 35.7 Å². The van der Waals surface area contributed by atoms with Gasteiger partial charge in [0.05, 0.1) is 72.1 Å². The van der Waals surface area contributed by atoms with Crippen molar-refractivity contribution in [3.05, 3.63) is 193 Å². The number of fused-ring (bicyclic) bond motifs is 4. The molecule has 628 valence electrons. The van der Waals surface area contributed by atoms with E-state index in [1.165, 1.54) is 84.6 Å². The molecule has 4 saturated carbocycles. The number of carbonyl (C=O) groups is 6. The summed E-state index contributed by atoms with van der Waals surface area (Å²) >= 11 is 0. The van der Waals surface area contributed by atoms with Crippen molar-refractivity contribution in [3.8, 4) is 68.0 Å². The molecule has 0 radical (unpaired) electrons. The maximum atomic E-state index is 12.1. The van der Waals surface area contributed by atoms with Crippen molar-refractivity contribution in [1.82, 2.24) is 28.9 Å². The van der Waals surface area contributed by atoms with Gasteiger partial charge in [0, 0.05) is 129 Å². The number of urea groups is 2. The highest BCUT2D eigenvalue weighted by molar-refractivity contribution is 6.07. The zero-order valence-electron chi connectivity index (χ0n) is 71.1. The van der Waals surface area contributed by atoms with Gasteiger partial charge >= 0.3 is 24.2 Å². The van der Waals surface area contributed by atoms with E-state index in [2.05, 4.69) is 98.7 Å². The Labute approximate surface area is 703 Å². The van der Waals surface area contributed by atoms with Crippen LogP contribution in [-0.4, -0.2) is 106 Å². The number of amides is 6.